The van der Waals surface area contributed by atoms with Crippen LogP contribution >= 0.6 is 11.6 Å². The van der Waals surface area contributed by atoms with Crippen LogP contribution in [0.5, 0.6) is 0 Å². The number of benzene rings is 2. The fourth-order valence-electron chi connectivity index (χ4n) is 5.26. The number of fused-ring (bicyclic) bond motifs is 2. The van der Waals surface area contributed by atoms with Gasteiger partial charge in [-0.25, -0.2) is 23.5 Å². The van der Waals surface area contributed by atoms with Gasteiger partial charge in [0.05, 0.1) is 15.9 Å². The van der Waals surface area contributed by atoms with E-state index in [2.05, 4.69) is 19.9 Å². The predicted octanol–water partition coefficient (Wildman–Crippen LogP) is 6.37. The van der Waals surface area contributed by atoms with Gasteiger partial charge in [-0.3, -0.25) is 9.88 Å². The molecule has 0 unspecified atom stereocenters. The van der Waals surface area contributed by atoms with E-state index in [-0.39, 0.29) is 27.9 Å². The van der Waals surface area contributed by atoms with Gasteiger partial charge < -0.3 is 9.64 Å². The lowest BCUT2D eigenvalue weighted by atomic mass is 10.0. The van der Waals surface area contributed by atoms with Crippen molar-refractivity contribution in [3.8, 4) is 11.3 Å². The van der Waals surface area contributed by atoms with Gasteiger partial charge in [0.2, 0.25) is 0 Å². The molecule has 1 aliphatic carbocycles. The van der Waals surface area contributed by atoms with E-state index < -0.39 is 17.2 Å². The molecule has 3 heterocycles. The molecule has 10 heteroatoms. The fraction of sp³-hybridized carbons (Fsp3) is 0.357. The molecule has 1 spiro atoms. The number of piperazine rings is 1. The van der Waals surface area contributed by atoms with E-state index in [0.717, 1.165) is 12.8 Å². The van der Waals surface area contributed by atoms with Gasteiger partial charge in [-0.15, -0.1) is 0 Å². The molecule has 1 amide bonds. The Balaban J connectivity index is 1.37. The first-order valence-corrected chi connectivity index (χ1v) is 12.9. The number of nitrogens with zero attached hydrogens (tertiary/aromatic N) is 5. The Hall–Kier alpha value is -3.59. The molecule has 0 radical (unpaired) electrons. The number of rotatable bonds is 2. The summed E-state index contributed by atoms with van der Waals surface area (Å²) in [4.78, 5) is 29.9. The lowest BCUT2D eigenvalue weighted by molar-refractivity contribution is 0.0106. The van der Waals surface area contributed by atoms with Crippen LogP contribution in [0.25, 0.3) is 32.9 Å². The zero-order valence-electron chi connectivity index (χ0n) is 21.3. The van der Waals surface area contributed by atoms with E-state index >= 15 is 4.39 Å². The Bertz CT molecular complexity index is 1600. The van der Waals surface area contributed by atoms with E-state index in [0.29, 0.717) is 47.2 Å². The number of carbonyl (C=O) groups excluding carboxylic acids is 1. The molecule has 2 aliphatic rings. The van der Waals surface area contributed by atoms with Gasteiger partial charge in [0, 0.05) is 36.8 Å². The van der Waals surface area contributed by atoms with Crippen LogP contribution in [0, 0.1) is 11.6 Å². The molecule has 0 atom stereocenters. The molecule has 0 bridgehead atoms. The maximum atomic E-state index is 16.0. The van der Waals surface area contributed by atoms with Crippen molar-refractivity contribution in [2.45, 2.75) is 44.8 Å². The summed E-state index contributed by atoms with van der Waals surface area (Å²) in [7, 11) is 0. The van der Waals surface area contributed by atoms with E-state index in [1.807, 2.05) is 25.7 Å². The number of amides is 1. The first-order valence-electron chi connectivity index (χ1n) is 12.5. The van der Waals surface area contributed by atoms with Crippen LogP contribution in [0.15, 0.2) is 42.9 Å². The van der Waals surface area contributed by atoms with Crippen LogP contribution < -0.4 is 4.90 Å². The van der Waals surface area contributed by atoms with Crippen molar-refractivity contribution in [2.24, 2.45) is 0 Å². The highest BCUT2D eigenvalue weighted by atomic mass is 35.5. The number of pyridine rings is 1. The lowest BCUT2D eigenvalue weighted by Crippen LogP contribution is -2.58. The largest absolute Gasteiger partial charge is 0.444 e. The maximum Gasteiger partial charge on any atom is 0.410 e. The van der Waals surface area contributed by atoms with Crippen LogP contribution in [0.1, 0.15) is 33.6 Å². The molecule has 2 aromatic heterocycles. The SMILES string of the molecule is CC(C)(C)OC(=O)N1CCN(c2ncnc3c(F)c(-c4cccc5ccc(F)c(Cl)c45)ncc23)CC12CC2. The van der Waals surface area contributed by atoms with Crippen LogP contribution in [0.3, 0.4) is 0 Å². The van der Waals surface area contributed by atoms with Gasteiger partial charge >= 0.3 is 6.09 Å². The average molecular weight is 538 g/mol. The van der Waals surface area contributed by atoms with Gasteiger partial charge in [0.15, 0.2) is 5.82 Å². The summed E-state index contributed by atoms with van der Waals surface area (Å²) in [5.41, 5.74) is -0.367. The average Bonchev–Trinajstić information content (AvgIpc) is 3.64. The minimum absolute atomic E-state index is 0.0358. The first-order chi connectivity index (χ1) is 18.1. The minimum Gasteiger partial charge on any atom is -0.444 e. The summed E-state index contributed by atoms with van der Waals surface area (Å²) in [6.07, 6.45) is 4.29. The summed E-state index contributed by atoms with van der Waals surface area (Å²) in [6, 6.07) is 8.09. The van der Waals surface area contributed by atoms with Crippen LogP contribution in [0.4, 0.5) is 19.4 Å². The molecular weight excluding hydrogens is 512 g/mol. The van der Waals surface area contributed by atoms with E-state index in [1.165, 1.54) is 12.4 Å². The molecule has 2 aromatic carbocycles. The van der Waals surface area contributed by atoms with E-state index in [4.69, 9.17) is 16.3 Å². The third-order valence-electron chi connectivity index (χ3n) is 7.18. The maximum absolute atomic E-state index is 16.0. The summed E-state index contributed by atoms with van der Waals surface area (Å²) in [5, 5.41) is 1.45. The Morgan fingerprint density at radius 3 is 2.61 bits per heavy atom. The van der Waals surface area contributed by atoms with Crippen molar-refractivity contribution in [1.29, 1.82) is 0 Å². The molecule has 1 saturated carbocycles. The quantitative estimate of drug-likeness (QED) is 0.296. The minimum atomic E-state index is -0.632. The smallest absolute Gasteiger partial charge is 0.410 e. The highest BCUT2D eigenvalue weighted by Gasteiger charge is 2.54. The number of hydrogen-bond acceptors (Lipinski definition) is 6. The topological polar surface area (TPSA) is 71.5 Å². The van der Waals surface area contributed by atoms with Gasteiger partial charge in [0.25, 0.3) is 0 Å². The van der Waals surface area contributed by atoms with Crippen LogP contribution in [-0.4, -0.2) is 56.7 Å². The summed E-state index contributed by atoms with van der Waals surface area (Å²) in [5.74, 6) is -0.658. The van der Waals surface area contributed by atoms with E-state index in [9.17, 15) is 9.18 Å². The Morgan fingerprint density at radius 2 is 1.87 bits per heavy atom. The highest BCUT2D eigenvalue weighted by molar-refractivity contribution is 6.36. The fourth-order valence-corrected chi connectivity index (χ4v) is 5.53. The first kappa shape index (κ1) is 24.7. The third-order valence-corrected chi connectivity index (χ3v) is 7.55. The molecule has 38 heavy (non-hydrogen) atoms. The van der Waals surface area contributed by atoms with Crippen LogP contribution in [0.2, 0.25) is 5.02 Å². The van der Waals surface area contributed by atoms with Crippen molar-refractivity contribution >= 4 is 45.2 Å². The van der Waals surface area contributed by atoms with Gasteiger partial charge in [-0.05, 0) is 45.1 Å². The Labute approximate surface area is 223 Å². The zero-order valence-corrected chi connectivity index (χ0v) is 22.0. The number of anilines is 1. The van der Waals surface area contributed by atoms with Gasteiger partial charge in [-0.1, -0.05) is 35.9 Å². The molecule has 1 aliphatic heterocycles. The molecule has 4 aromatic rings. The van der Waals surface area contributed by atoms with Crippen molar-refractivity contribution in [3.63, 3.8) is 0 Å². The lowest BCUT2D eigenvalue weighted by Gasteiger charge is -2.43. The second kappa shape index (κ2) is 8.73. The second-order valence-corrected chi connectivity index (χ2v) is 11.3. The predicted molar refractivity (Wildman–Crippen MR) is 142 cm³/mol. The molecule has 6 rings (SSSR count). The van der Waals surface area contributed by atoms with E-state index in [1.54, 1.807) is 30.5 Å². The Kier molecular flexibility index (Phi) is 5.68. The third kappa shape index (κ3) is 4.09. The van der Waals surface area contributed by atoms with Crippen molar-refractivity contribution in [2.75, 3.05) is 24.5 Å². The number of carbonyl (C=O) groups is 1. The molecular formula is C28H26ClF2N5O2. The van der Waals surface area contributed by atoms with Crippen molar-refractivity contribution < 1.29 is 18.3 Å². The summed E-state index contributed by atoms with van der Waals surface area (Å²) < 4.78 is 35.9. The highest BCUT2D eigenvalue weighted by Crippen LogP contribution is 2.46. The monoisotopic (exact) mass is 537 g/mol. The summed E-state index contributed by atoms with van der Waals surface area (Å²) >= 11 is 6.29. The zero-order chi connectivity index (χ0) is 26.8. The normalized spacial score (nSPS) is 16.9. The summed E-state index contributed by atoms with van der Waals surface area (Å²) in [6.45, 7) is 7.09. The molecule has 2 fully saturated rings. The molecule has 0 N–H and O–H groups in total. The Morgan fingerprint density at radius 1 is 1.08 bits per heavy atom. The van der Waals surface area contributed by atoms with Gasteiger partial charge in [0.1, 0.15) is 34.8 Å². The molecule has 7 nitrogen and oxygen atoms in total. The van der Waals surface area contributed by atoms with Crippen LogP contribution in [-0.2, 0) is 4.74 Å². The second-order valence-electron chi connectivity index (χ2n) is 10.9. The van der Waals surface area contributed by atoms with Crippen molar-refractivity contribution in [3.05, 3.63) is 59.5 Å². The number of hydrogen-bond donors (Lipinski definition) is 0. The molecule has 196 valence electrons. The molecule has 1 saturated heterocycles. The number of ether oxygens (including phenoxy) is 1. The van der Waals surface area contributed by atoms with Crippen molar-refractivity contribution in [1.82, 2.24) is 19.9 Å². The van der Waals surface area contributed by atoms with Gasteiger partial charge in [-0.2, -0.15) is 0 Å². The number of halogens is 3. The number of aromatic nitrogens is 3. The standard InChI is InChI=1S/C28H26ClF2N5O2/c1-27(2,3)38-26(37)36-12-11-35(14-28(36)9-10-28)25-18-13-32-23(22(31)24(18)33-15-34-25)17-6-4-5-16-7-8-19(30)21(29)20(16)17/h4-8,13,15H,9-12,14H2,1-3H3.